The topological polar surface area (TPSA) is 66.4 Å². The minimum absolute atomic E-state index is 0.0652. The molecule has 108 valence electrons. The van der Waals surface area contributed by atoms with Crippen molar-refractivity contribution in [2.24, 2.45) is 0 Å². The molecule has 0 saturated heterocycles. The average Bonchev–Trinajstić information content (AvgIpc) is 2.41. The highest BCUT2D eigenvalue weighted by Crippen LogP contribution is 2.22. The fourth-order valence-corrected chi connectivity index (χ4v) is 2.25. The van der Waals surface area contributed by atoms with E-state index in [1.807, 2.05) is 31.2 Å². The van der Waals surface area contributed by atoms with Crippen molar-refractivity contribution in [1.82, 2.24) is 0 Å². The van der Waals surface area contributed by atoms with Crippen molar-refractivity contribution in [3.8, 4) is 0 Å². The van der Waals surface area contributed by atoms with Gasteiger partial charge in [-0.05, 0) is 30.7 Å². The van der Waals surface area contributed by atoms with Crippen LogP contribution in [0.15, 0.2) is 46.9 Å². The zero-order valence-corrected chi connectivity index (χ0v) is 13.0. The van der Waals surface area contributed by atoms with Gasteiger partial charge in [0, 0.05) is 4.47 Å². The van der Waals surface area contributed by atoms with Gasteiger partial charge in [0.05, 0.1) is 17.7 Å². The van der Waals surface area contributed by atoms with Gasteiger partial charge in [0.1, 0.15) is 0 Å². The Balaban J connectivity index is 2.14. The first kappa shape index (κ1) is 15.3. The highest BCUT2D eigenvalue weighted by molar-refractivity contribution is 9.10. The van der Waals surface area contributed by atoms with Crippen molar-refractivity contribution in [2.75, 3.05) is 5.32 Å². The number of carboxylic acid groups (broad SMARTS) is 1. The number of hydrogen-bond donors (Lipinski definition) is 2. The predicted octanol–water partition coefficient (Wildman–Crippen LogP) is 3.64. The summed E-state index contributed by atoms with van der Waals surface area (Å²) in [5.74, 6) is -1.33. The van der Waals surface area contributed by atoms with Crippen molar-refractivity contribution in [1.29, 1.82) is 0 Å². The molecule has 0 aliphatic carbocycles. The van der Waals surface area contributed by atoms with Crippen molar-refractivity contribution in [3.63, 3.8) is 0 Å². The number of amides is 1. The predicted molar refractivity (Wildman–Crippen MR) is 84.6 cm³/mol. The zero-order valence-electron chi connectivity index (χ0n) is 11.4. The second-order valence-corrected chi connectivity index (χ2v) is 5.62. The Morgan fingerprint density at radius 1 is 1.14 bits per heavy atom. The molecule has 5 heteroatoms. The van der Waals surface area contributed by atoms with Crippen LogP contribution in [-0.2, 0) is 11.2 Å². The maximum absolute atomic E-state index is 12.0. The first-order chi connectivity index (χ1) is 9.95. The summed E-state index contributed by atoms with van der Waals surface area (Å²) in [6.07, 6.45) is 0.200. The van der Waals surface area contributed by atoms with E-state index in [-0.39, 0.29) is 23.6 Å². The lowest BCUT2D eigenvalue weighted by atomic mass is 10.1. The average molecular weight is 348 g/mol. The molecule has 0 radical (unpaired) electrons. The van der Waals surface area contributed by atoms with Gasteiger partial charge in [-0.1, -0.05) is 45.8 Å². The van der Waals surface area contributed by atoms with E-state index in [1.165, 1.54) is 6.07 Å². The van der Waals surface area contributed by atoms with E-state index in [0.29, 0.717) is 4.47 Å². The Hall–Kier alpha value is -2.14. The summed E-state index contributed by atoms with van der Waals surface area (Å²) < 4.78 is 0.707. The SMILES string of the molecule is Cc1ccc(CC(=O)Nc2cc(Br)ccc2C(=O)O)cc1. The lowest BCUT2D eigenvalue weighted by Crippen LogP contribution is -2.16. The van der Waals surface area contributed by atoms with E-state index < -0.39 is 5.97 Å². The molecule has 4 nitrogen and oxygen atoms in total. The van der Waals surface area contributed by atoms with E-state index in [4.69, 9.17) is 5.11 Å². The van der Waals surface area contributed by atoms with Crippen LogP contribution in [-0.4, -0.2) is 17.0 Å². The van der Waals surface area contributed by atoms with Gasteiger partial charge in [-0.2, -0.15) is 0 Å². The Kier molecular flexibility index (Phi) is 4.75. The summed E-state index contributed by atoms with van der Waals surface area (Å²) in [5.41, 5.74) is 2.36. The smallest absolute Gasteiger partial charge is 0.337 e. The van der Waals surface area contributed by atoms with Gasteiger partial charge in [-0.15, -0.1) is 0 Å². The van der Waals surface area contributed by atoms with E-state index in [0.717, 1.165) is 11.1 Å². The summed E-state index contributed by atoms with van der Waals surface area (Å²) in [7, 11) is 0. The molecule has 0 aromatic heterocycles. The number of carboxylic acids is 1. The molecule has 0 spiro atoms. The molecule has 2 N–H and O–H groups in total. The first-order valence-corrected chi connectivity index (χ1v) is 7.13. The summed E-state index contributed by atoms with van der Waals surface area (Å²) in [6, 6.07) is 12.3. The normalized spacial score (nSPS) is 10.2. The van der Waals surface area contributed by atoms with Crippen LogP contribution in [0.5, 0.6) is 0 Å². The standard InChI is InChI=1S/C16H14BrNO3/c1-10-2-4-11(5-3-10)8-15(19)18-14-9-12(17)6-7-13(14)16(20)21/h2-7,9H,8H2,1H3,(H,18,19)(H,20,21). The van der Waals surface area contributed by atoms with Crippen molar-refractivity contribution < 1.29 is 14.7 Å². The third kappa shape index (κ3) is 4.16. The summed E-state index contributed by atoms with van der Waals surface area (Å²) >= 11 is 3.27. The number of nitrogens with one attached hydrogen (secondary N) is 1. The minimum atomic E-state index is -1.08. The molecule has 1 amide bonds. The lowest BCUT2D eigenvalue weighted by molar-refractivity contribution is -0.115. The Labute approximate surface area is 130 Å². The molecule has 0 aliphatic heterocycles. The molecule has 2 aromatic rings. The van der Waals surface area contributed by atoms with Crippen LogP contribution in [0.3, 0.4) is 0 Å². The van der Waals surface area contributed by atoms with Crippen LogP contribution in [0.25, 0.3) is 0 Å². The third-order valence-electron chi connectivity index (χ3n) is 2.97. The van der Waals surface area contributed by atoms with Crippen molar-refractivity contribution in [2.45, 2.75) is 13.3 Å². The molecule has 0 unspecified atom stereocenters. The van der Waals surface area contributed by atoms with Gasteiger partial charge in [-0.25, -0.2) is 4.79 Å². The zero-order chi connectivity index (χ0) is 15.4. The van der Waals surface area contributed by atoms with Gasteiger partial charge in [0.25, 0.3) is 0 Å². The van der Waals surface area contributed by atoms with E-state index in [2.05, 4.69) is 21.2 Å². The van der Waals surface area contributed by atoms with Crippen LogP contribution in [0.1, 0.15) is 21.5 Å². The molecule has 2 rings (SSSR count). The molecular formula is C16H14BrNO3. The second kappa shape index (κ2) is 6.54. The number of halogens is 1. The van der Waals surface area contributed by atoms with Gasteiger partial charge < -0.3 is 10.4 Å². The molecule has 0 saturated carbocycles. The van der Waals surface area contributed by atoms with Crippen molar-refractivity contribution in [3.05, 3.63) is 63.6 Å². The third-order valence-corrected chi connectivity index (χ3v) is 3.46. The van der Waals surface area contributed by atoms with Gasteiger partial charge in [0.2, 0.25) is 5.91 Å². The molecule has 0 aliphatic rings. The van der Waals surface area contributed by atoms with Crippen molar-refractivity contribution >= 4 is 33.5 Å². The van der Waals surface area contributed by atoms with E-state index in [9.17, 15) is 9.59 Å². The fraction of sp³-hybridized carbons (Fsp3) is 0.125. The Bertz CT molecular complexity index is 680. The largest absolute Gasteiger partial charge is 0.478 e. The minimum Gasteiger partial charge on any atom is -0.478 e. The number of benzene rings is 2. The van der Waals surface area contributed by atoms with Crippen LogP contribution >= 0.6 is 15.9 Å². The van der Waals surface area contributed by atoms with Crippen LogP contribution < -0.4 is 5.32 Å². The number of aromatic carboxylic acids is 1. The fourth-order valence-electron chi connectivity index (χ4n) is 1.89. The monoisotopic (exact) mass is 347 g/mol. The molecule has 0 heterocycles. The number of anilines is 1. The first-order valence-electron chi connectivity index (χ1n) is 6.34. The number of hydrogen-bond acceptors (Lipinski definition) is 2. The summed E-state index contributed by atoms with van der Waals surface area (Å²) in [6.45, 7) is 1.98. The maximum atomic E-state index is 12.0. The summed E-state index contributed by atoms with van der Waals surface area (Å²) in [4.78, 5) is 23.2. The molecule has 0 fully saturated rings. The maximum Gasteiger partial charge on any atom is 0.337 e. The number of carbonyl (C=O) groups excluding carboxylic acids is 1. The Morgan fingerprint density at radius 3 is 2.43 bits per heavy atom. The molecule has 0 bridgehead atoms. The van der Waals surface area contributed by atoms with E-state index >= 15 is 0 Å². The van der Waals surface area contributed by atoms with Gasteiger partial charge in [0.15, 0.2) is 0 Å². The highest BCUT2D eigenvalue weighted by atomic mass is 79.9. The highest BCUT2D eigenvalue weighted by Gasteiger charge is 2.13. The lowest BCUT2D eigenvalue weighted by Gasteiger charge is -2.09. The summed E-state index contributed by atoms with van der Waals surface area (Å²) in [5, 5.41) is 11.8. The van der Waals surface area contributed by atoms with Crippen LogP contribution in [0.4, 0.5) is 5.69 Å². The van der Waals surface area contributed by atoms with E-state index in [1.54, 1.807) is 12.1 Å². The quantitative estimate of drug-likeness (QED) is 0.887. The number of aryl methyl sites for hydroxylation is 1. The van der Waals surface area contributed by atoms with Gasteiger partial charge >= 0.3 is 5.97 Å². The molecule has 0 atom stereocenters. The molecule has 21 heavy (non-hydrogen) atoms. The van der Waals surface area contributed by atoms with Crippen LogP contribution in [0, 0.1) is 6.92 Å². The molecular weight excluding hydrogens is 334 g/mol. The Morgan fingerprint density at radius 2 is 1.81 bits per heavy atom. The van der Waals surface area contributed by atoms with Crippen LogP contribution in [0.2, 0.25) is 0 Å². The molecule has 2 aromatic carbocycles. The van der Waals surface area contributed by atoms with Gasteiger partial charge in [-0.3, -0.25) is 4.79 Å². The number of carbonyl (C=O) groups is 2. The number of rotatable bonds is 4. The second-order valence-electron chi connectivity index (χ2n) is 4.71.